The van der Waals surface area contributed by atoms with Crippen molar-refractivity contribution in [3.05, 3.63) is 24.3 Å². The minimum Gasteiger partial charge on any atom is -0.378 e. The SMILES string of the molecule is CNC(=O)C1CCCN1CC(=O)Nc1ccc(N2CCOCC2)cc1. The molecule has 7 nitrogen and oxygen atoms in total. The van der Waals surface area contributed by atoms with Crippen LogP contribution in [0, 0.1) is 0 Å². The molecule has 1 atom stereocenters. The van der Waals surface area contributed by atoms with Crippen molar-refractivity contribution >= 4 is 23.2 Å². The predicted molar refractivity (Wildman–Crippen MR) is 96.8 cm³/mol. The molecule has 1 aromatic rings. The van der Waals surface area contributed by atoms with Crippen molar-refractivity contribution in [3.63, 3.8) is 0 Å². The highest BCUT2D eigenvalue weighted by Gasteiger charge is 2.31. The van der Waals surface area contributed by atoms with Gasteiger partial charge in [-0.3, -0.25) is 14.5 Å². The first-order valence-electron chi connectivity index (χ1n) is 8.85. The van der Waals surface area contributed by atoms with Crippen molar-refractivity contribution in [2.75, 3.05) is 56.7 Å². The molecule has 7 heteroatoms. The quantitative estimate of drug-likeness (QED) is 0.820. The lowest BCUT2D eigenvalue weighted by Crippen LogP contribution is -2.45. The van der Waals surface area contributed by atoms with Gasteiger partial charge in [-0.1, -0.05) is 0 Å². The number of benzene rings is 1. The van der Waals surface area contributed by atoms with Crippen molar-refractivity contribution in [3.8, 4) is 0 Å². The van der Waals surface area contributed by atoms with E-state index < -0.39 is 0 Å². The molecule has 0 spiro atoms. The Bertz CT molecular complexity index is 599. The Morgan fingerprint density at radius 1 is 1.16 bits per heavy atom. The van der Waals surface area contributed by atoms with Gasteiger partial charge >= 0.3 is 0 Å². The molecule has 2 fully saturated rings. The summed E-state index contributed by atoms with van der Waals surface area (Å²) in [6.07, 6.45) is 1.75. The fourth-order valence-corrected chi connectivity index (χ4v) is 3.44. The van der Waals surface area contributed by atoms with Crippen LogP contribution in [0.5, 0.6) is 0 Å². The molecule has 0 aliphatic carbocycles. The Labute approximate surface area is 148 Å². The number of rotatable bonds is 5. The van der Waals surface area contributed by atoms with E-state index in [1.165, 1.54) is 0 Å². The maximum atomic E-state index is 12.3. The molecule has 0 aromatic heterocycles. The molecule has 0 bridgehead atoms. The lowest BCUT2D eigenvalue weighted by atomic mass is 10.2. The number of nitrogens with zero attached hydrogens (tertiary/aromatic N) is 2. The summed E-state index contributed by atoms with van der Waals surface area (Å²) in [5, 5.41) is 5.59. The van der Waals surface area contributed by atoms with Crippen LogP contribution in [0.25, 0.3) is 0 Å². The highest BCUT2D eigenvalue weighted by molar-refractivity contribution is 5.93. The third-order valence-electron chi connectivity index (χ3n) is 4.79. The molecule has 2 amide bonds. The van der Waals surface area contributed by atoms with Crippen LogP contribution in [-0.2, 0) is 14.3 Å². The van der Waals surface area contributed by atoms with Crippen molar-refractivity contribution in [1.82, 2.24) is 10.2 Å². The van der Waals surface area contributed by atoms with Gasteiger partial charge in [-0.2, -0.15) is 0 Å². The molecule has 1 aromatic carbocycles. The van der Waals surface area contributed by atoms with Crippen LogP contribution in [0.4, 0.5) is 11.4 Å². The van der Waals surface area contributed by atoms with Gasteiger partial charge in [0.1, 0.15) is 0 Å². The molecule has 0 radical (unpaired) electrons. The maximum Gasteiger partial charge on any atom is 0.238 e. The monoisotopic (exact) mass is 346 g/mol. The van der Waals surface area contributed by atoms with E-state index in [2.05, 4.69) is 15.5 Å². The standard InChI is InChI=1S/C18H26N4O3/c1-19-18(24)16-3-2-8-22(16)13-17(23)20-14-4-6-15(7-5-14)21-9-11-25-12-10-21/h4-7,16H,2-3,8-13H2,1H3,(H,19,24)(H,20,23). The molecule has 2 heterocycles. The smallest absolute Gasteiger partial charge is 0.238 e. The van der Waals surface area contributed by atoms with Gasteiger partial charge < -0.3 is 20.3 Å². The van der Waals surface area contributed by atoms with Crippen LogP contribution in [0.3, 0.4) is 0 Å². The minimum absolute atomic E-state index is 0.0137. The van der Waals surface area contributed by atoms with E-state index in [4.69, 9.17) is 4.74 Å². The first-order chi connectivity index (χ1) is 12.2. The van der Waals surface area contributed by atoms with Crippen molar-refractivity contribution in [1.29, 1.82) is 0 Å². The van der Waals surface area contributed by atoms with Crippen LogP contribution < -0.4 is 15.5 Å². The van der Waals surface area contributed by atoms with E-state index in [-0.39, 0.29) is 24.4 Å². The van der Waals surface area contributed by atoms with Crippen LogP contribution in [0.1, 0.15) is 12.8 Å². The fourth-order valence-electron chi connectivity index (χ4n) is 3.44. The van der Waals surface area contributed by atoms with Gasteiger partial charge in [0.2, 0.25) is 11.8 Å². The molecule has 2 N–H and O–H groups in total. The lowest BCUT2D eigenvalue weighted by Gasteiger charge is -2.29. The van der Waals surface area contributed by atoms with E-state index in [1.54, 1.807) is 7.05 Å². The Balaban J connectivity index is 1.53. The number of hydrogen-bond acceptors (Lipinski definition) is 5. The average Bonchev–Trinajstić information content (AvgIpc) is 3.10. The van der Waals surface area contributed by atoms with Crippen LogP contribution >= 0.6 is 0 Å². The Hall–Kier alpha value is -2.12. The lowest BCUT2D eigenvalue weighted by molar-refractivity contribution is -0.126. The molecule has 2 aliphatic heterocycles. The number of likely N-dealkylation sites (N-methyl/N-ethyl adjacent to an activating group) is 1. The van der Waals surface area contributed by atoms with E-state index in [9.17, 15) is 9.59 Å². The van der Waals surface area contributed by atoms with E-state index in [0.717, 1.165) is 57.1 Å². The second-order valence-corrected chi connectivity index (χ2v) is 6.44. The van der Waals surface area contributed by atoms with Crippen molar-refractivity contribution in [2.45, 2.75) is 18.9 Å². The number of carbonyl (C=O) groups is 2. The number of amides is 2. The van der Waals surface area contributed by atoms with Gasteiger partial charge in [0.05, 0.1) is 25.8 Å². The normalized spacial score (nSPS) is 21.2. The molecule has 1 unspecified atom stereocenters. The molecule has 2 saturated heterocycles. The average molecular weight is 346 g/mol. The topological polar surface area (TPSA) is 73.9 Å². The summed E-state index contributed by atoms with van der Waals surface area (Å²) in [5.41, 5.74) is 1.92. The van der Waals surface area contributed by atoms with Gasteiger partial charge in [0.15, 0.2) is 0 Å². The highest BCUT2D eigenvalue weighted by atomic mass is 16.5. The third-order valence-corrected chi connectivity index (χ3v) is 4.79. The van der Waals surface area contributed by atoms with Crippen LogP contribution in [0.15, 0.2) is 24.3 Å². The number of nitrogens with one attached hydrogen (secondary N) is 2. The summed E-state index contributed by atoms with van der Waals surface area (Å²) in [5.74, 6) is -0.102. The molecule has 25 heavy (non-hydrogen) atoms. The Kier molecular flexibility index (Phi) is 5.88. The number of carbonyl (C=O) groups excluding carboxylic acids is 2. The Morgan fingerprint density at radius 3 is 2.56 bits per heavy atom. The summed E-state index contributed by atoms with van der Waals surface area (Å²) in [6.45, 7) is 4.30. The first-order valence-corrected chi connectivity index (χ1v) is 8.85. The van der Waals surface area contributed by atoms with E-state index >= 15 is 0 Å². The van der Waals surface area contributed by atoms with Gasteiger partial charge in [0, 0.05) is 31.5 Å². The highest BCUT2D eigenvalue weighted by Crippen LogP contribution is 2.20. The largest absolute Gasteiger partial charge is 0.378 e. The number of ether oxygens (including phenoxy) is 1. The summed E-state index contributed by atoms with van der Waals surface area (Å²) in [7, 11) is 1.63. The first kappa shape index (κ1) is 17.7. The van der Waals surface area contributed by atoms with Gasteiger partial charge in [-0.15, -0.1) is 0 Å². The zero-order valence-corrected chi connectivity index (χ0v) is 14.7. The fraction of sp³-hybridized carbons (Fsp3) is 0.556. The van der Waals surface area contributed by atoms with E-state index in [0.29, 0.717) is 0 Å². The summed E-state index contributed by atoms with van der Waals surface area (Å²) >= 11 is 0. The maximum absolute atomic E-state index is 12.3. The molecule has 2 aliphatic rings. The summed E-state index contributed by atoms with van der Waals surface area (Å²) in [6, 6.07) is 7.68. The van der Waals surface area contributed by atoms with Crippen LogP contribution in [0.2, 0.25) is 0 Å². The summed E-state index contributed by atoms with van der Waals surface area (Å²) < 4.78 is 5.36. The third kappa shape index (κ3) is 4.49. The number of anilines is 2. The molecule has 3 rings (SSSR count). The Morgan fingerprint density at radius 2 is 1.88 bits per heavy atom. The molecular weight excluding hydrogens is 320 g/mol. The molecule has 0 saturated carbocycles. The molecule has 136 valence electrons. The summed E-state index contributed by atoms with van der Waals surface area (Å²) in [4.78, 5) is 28.4. The number of hydrogen-bond donors (Lipinski definition) is 2. The van der Waals surface area contributed by atoms with Gasteiger partial charge in [0.25, 0.3) is 0 Å². The zero-order chi connectivity index (χ0) is 17.6. The second-order valence-electron chi connectivity index (χ2n) is 6.44. The van der Waals surface area contributed by atoms with Crippen molar-refractivity contribution < 1.29 is 14.3 Å². The van der Waals surface area contributed by atoms with Crippen LogP contribution in [-0.4, -0.2) is 69.2 Å². The number of morpholine rings is 1. The molecular formula is C18H26N4O3. The van der Waals surface area contributed by atoms with Gasteiger partial charge in [-0.05, 0) is 43.7 Å². The zero-order valence-electron chi connectivity index (χ0n) is 14.7. The predicted octanol–water partition coefficient (Wildman–Crippen LogP) is 0.672. The minimum atomic E-state index is -0.195. The van der Waals surface area contributed by atoms with Gasteiger partial charge in [-0.25, -0.2) is 0 Å². The number of likely N-dealkylation sites (tertiary alicyclic amines) is 1. The second kappa shape index (κ2) is 8.31. The van der Waals surface area contributed by atoms with E-state index in [1.807, 2.05) is 29.2 Å². The van der Waals surface area contributed by atoms with Crippen molar-refractivity contribution in [2.24, 2.45) is 0 Å².